The molecular weight excluding hydrogens is 687 g/mol. The normalized spacial score (nSPS) is 11.2. The molecule has 10 aromatic rings. The van der Waals surface area contributed by atoms with Crippen LogP contribution in [0.5, 0.6) is 0 Å². The van der Waals surface area contributed by atoms with Gasteiger partial charge in [0.2, 0.25) is 0 Å². The molecule has 0 aliphatic rings. The van der Waals surface area contributed by atoms with E-state index >= 15 is 0 Å². The molecule has 0 aliphatic heterocycles. The molecule has 0 heterocycles. The molecule has 0 saturated carbocycles. The summed E-state index contributed by atoms with van der Waals surface area (Å²) >= 11 is 0. The van der Waals surface area contributed by atoms with Gasteiger partial charge in [0.15, 0.2) is 0 Å². The van der Waals surface area contributed by atoms with Crippen LogP contribution < -0.4 is 4.90 Å². The Labute approximate surface area is 334 Å². The lowest BCUT2D eigenvalue weighted by atomic mass is 9.88. The van der Waals surface area contributed by atoms with Gasteiger partial charge in [-0.1, -0.05) is 200 Å². The first-order chi connectivity index (χ1) is 28.3. The number of anilines is 3. The zero-order valence-corrected chi connectivity index (χ0v) is 31.5. The van der Waals surface area contributed by atoms with Crippen molar-refractivity contribution >= 4 is 38.6 Å². The Bertz CT molecular complexity index is 2970. The Kier molecular flexibility index (Phi) is 8.95. The van der Waals surface area contributed by atoms with E-state index in [1.54, 1.807) is 0 Å². The highest BCUT2D eigenvalue weighted by molar-refractivity contribution is 6.22. The van der Waals surface area contributed by atoms with Crippen molar-refractivity contribution in [3.63, 3.8) is 0 Å². The standard InChI is InChI=1S/C56H39N/c1-4-16-40(17-5-1)43-30-34-49(35-31-43)57(50-36-32-44(33-37-50)46-23-14-22-45(38-46)41-18-6-2-7-19-41)56-54-29-13-11-27-52(54)51-26-10-12-28-53(51)55(56)48-25-15-24-47(39-48)42-20-8-3-9-21-42/h1-39H. The van der Waals surface area contributed by atoms with E-state index in [1.807, 2.05) is 0 Å². The predicted molar refractivity (Wildman–Crippen MR) is 243 cm³/mol. The van der Waals surface area contributed by atoms with Crippen LogP contribution in [0.3, 0.4) is 0 Å². The van der Waals surface area contributed by atoms with Crippen LogP contribution in [-0.4, -0.2) is 0 Å². The van der Waals surface area contributed by atoms with Crippen molar-refractivity contribution in [2.45, 2.75) is 0 Å². The van der Waals surface area contributed by atoms with Crippen LogP contribution in [0.25, 0.3) is 77.2 Å². The summed E-state index contributed by atoms with van der Waals surface area (Å²) in [6.45, 7) is 0. The van der Waals surface area contributed by atoms with E-state index in [9.17, 15) is 0 Å². The van der Waals surface area contributed by atoms with Gasteiger partial charge in [-0.15, -0.1) is 0 Å². The van der Waals surface area contributed by atoms with Gasteiger partial charge in [-0.2, -0.15) is 0 Å². The quantitative estimate of drug-likeness (QED) is 0.141. The van der Waals surface area contributed by atoms with Gasteiger partial charge in [0, 0.05) is 22.3 Å². The zero-order chi connectivity index (χ0) is 38.0. The number of benzene rings is 10. The highest BCUT2D eigenvalue weighted by atomic mass is 15.1. The maximum absolute atomic E-state index is 2.47. The molecule has 0 aromatic heterocycles. The lowest BCUT2D eigenvalue weighted by Gasteiger charge is -2.31. The number of nitrogens with zero attached hydrogens (tertiary/aromatic N) is 1. The van der Waals surface area contributed by atoms with Crippen LogP contribution in [0.15, 0.2) is 237 Å². The highest BCUT2D eigenvalue weighted by Crippen LogP contribution is 2.50. The third-order valence-electron chi connectivity index (χ3n) is 11.0. The minimum absolute atomic E-state index is 1.09. The Morgan fingerprint density at radius 2 is 0.526 bits per heavy atom. The van der Waals surface area contributed by atoms with Gasteiger partial charge in [-0.25, -0.2) is 0 Å². The van der Waals surface area contributed by atoms with Crippen LogP contribution in [0, 0.1) is 0 Å². The molecule has 0 saturated heterocycles. The molecule has 0 unspecified atom stereocenters. The molecule has 0 spiro atoms. The van der Waals surface area contributed by atoms with Crippen LogP contribution in [-0.2, 0) is 0 Å². The molecule has 1 heteroatoms. The summed E-state index contributed by atoms with van der Waals surface area (Å²) in [7, 11) is 0. The van der Waals surface area contributed by atoms with Crippen LogP contribution >= 0.6 is 0 Å². The van der Waals surface area contributed by atoms with Crippen molar-refractivity contribution in [1.82, 2.24) is 0 Å². The highest BCUT2D eigenvalue weighted by Gasteiger charge is 2.24. The van der Waals surface area contributed by atoms with E-state index in [0.717, 1.165) is 17.1 Å². The van der Waals surface area contributed by atoms with Crippen molar-refractivity contribution in [3.8, 4) is 55.6 Å². The minimum atomic E-state index is 1.09. The van der Waals surface area contributed by atoms with Gasteiger partial charge in [0.1, 0.15) is 0 Å². The Morgan fingerprint density at radius 3 is 1.02 bits per heavy atom. The van der Waals surface area contributed by atoms with Crippen molar-refractivity contribution < 1.29 is 0 Å². The molecule has 1 nitrogen and oxygen atoms in total. The average molecular weight is 726 g/mol. The topological polar surface area (TPSA) is 3.24 Å². The SMILES string of the molecule is c1ccc(-c2ccc(N(c3ccc(-c4cccc(-c5ccccc5)c4)cc3)c3c(-c4cccc(-c5ccccc5)c4)c4ccccc4c4ccccc34)cc2)cc1. The second kappa shape index (κ2) is 15.0. The number of fused-ring (bicyclic) bond motifs is 3. The zero-order valence-electron chi connectivity index (χ0n) is 31.5. The molecule has 268 valence electrons. The first-order valence-corrected chi connectivity index (χ1v) is 19.6. The summed E-state index contributed by atoms with van der Waals surface area (Å²) in [4.78, 5) is 2.47. The molecule has 0 radical (unpaired) electrons. The fraction of sp³-hybridized carbons (Fsp3) is 0. The summed E-state index contributed by atoms with van der Waals surface area (Å²) in [5, 5.41) is 4.89. The fourth-order valence-corrected chi connectivity index (χ4v) is 8.28. The second-order valence-corrected chi connectivity index (χ2v) is 14.5. The molecule has 0 aliphatic carbocycles. The van der Waals surface area contributed by atoms with Crippen LogP contribution in [0.4, 0.5) is 17.1 Å². The summed E-state index contributed by atoms with van der Waals surface area (Å²) in [6.07, 6.45) is 0. The fourth-order valence-electron chi connectivity index (χ4n) is 8.28. The lowest BCUT2D eigenvalue weighted by molar-refractivity contribution is 1.30. The molecule has 0 N–H and O–H groups in total. The van der Waals surface area contributed by atoms with Crippen LogP contribution in [0.1, 0.15) is 0 Å². The van der Waals surface area contributed by atoms with Crippen molar-refractivity contribution in [3.05, 3.63) is 237 Å². The number of hydrogen-bond acceptors (Lipinski definition) is 1. The Morgan fingerprint density at radius 1 is 0.211 bits per heavy atom. The maximum Gasteiger partial charge on any atom is 0.0624 e. The molecule has 0 bridgehead atoms. The van der Waals surface area contributed by atoms with Gasteiger partial charge >= 0.3 is 0 Å². The lowest BCUT2D eigenvalue weighted by Crippen LogP contribution is -2.12. The molecule has 10 rings (SSSR count). The van der Waals surface area contributed by atoms with Crippen LogP contribution in [0.2, 0.25) is 0 Å². The number of hydrogen-bond donors (Lipinski definition) is 0. The summed E-state index contributed by atoms with van der Waals surface area (Å²) in [5.74, 6) is 0. The predicted octanol–water partition coefficient (Wildman–Crippen LogP) is 15.8. The Balaban J connectivity index is 1.21. The van der Waals surface area contributed by atoms with E-state index in [2.05, 4.69) is 241 Å². The number of rotatable bonds is 8. The molecular formula is C56H39N. The van der Waals surface area contributed by atoms with Crippen molar-refractivity contribution in [2.24, 2.45) is 0 Å². The van der Waals surface area contributed by atoms with Crippen molar-refractivity contribution in [1.29, 1.82) is 0 Å². The summed E-state index contributed by atoms with van der Waals surface area (Å²) in [5.41, 5.74) is 15.3. The van der Waals surface area contributed by atoms with Crippen molar-refractivity contribution in [2.75, 3.05) is 4.90 Å². The molecule has 0 atom stereocenters. The van der Waals surface area contributed by atoms with Gasteiger partial charge in [0.05, 0.1) is 5.69 Å². The smallest absolute Gasteiger partial charge is 0.0624 e. The van der Waals surface area contributed by atoms with E-state index in [0.29, 0.717) is 0 Å². The second-order valence-electron chi connectivity index (χ2n) is 14.5. The Hall–Kier alpha value is -7.48. The van der Waals surface area contributed by atoms with Gasteiger partial charge < -0.3 is 4.90 Å². The van der Waals surface area contributed by atoms with E-state index in [-0.39, 0.29) is 0 Å². The molecule has 0 amide bonds. The van der Waals surface area contributed by atoms with E-state index in [1.165, 1.54) is 77.2 Å². The van der Waals surface area contributed by atoms with Gasteiger partial charge in [-0.3, -0.25) is 0 Å². The molecule has 10 aromatic carbocycles. The first-order valence-electron chi connectivity index (χ1n) is 19.6. The molecule has 57 heavy (non-hydrogen) atoms. The third-order valence-corrected chi connectivity index (χ3v) is 11.0. The maximum atomic E-state index is 2.47. The third kappa shape index (κ3) is 6.56. The largest absolute Gasteiger partial charge is 0.309 e. The first kappa shape index (κ1) is 34.0. The van der Waals surface area contributed by atoms with Gasteiger partial charge in [0.25, 0.3) is 0 Å². The molecule has 0 fully saturated rings. The van der Waals surface area contributed by atoms with Gasteiger partial charge in [-0.05, 0) is 103 Å². The monoisotopic (exact) mass is 725 g/mol. The summed E-state index contributed by atoms with van der Waals surface area (Å²) in [6, 6.07) is 85.7. The average Bonchev–Trinajstić information content (AvgIpc) is 3.30. The van der Waals surface area contributed by atoms with E-state index in [4.69, 9.17) is 0 Å². The van der Waals surface area contributed by atoms with E-state index < -0.39 is 0 Å². The minimum Gasteiger partial charge on any atom is -0.309 e. The summed E-state index contributed by atoms with van der Waals surface area (Å²) < 4.78 is 0.